The molecular formula is C25H31N3O2. The minimum absolute atomic E-state index is 0.143. The van der Waals surface area contributed by atoms with E-state index in [0.717, 1.165) is 17.5 Å². The highest BCUT2D eigenvalue weighted by Gasteiger charge is 2.21. The quantitative estimate of drug-likeness (QED) is 0.457. The number of benzene rings is 2. The standard InChI is InChI=1S/C25H31N3O2/c1-3-23-6-4-5-11-28(23)24-10-9-20-12-19(7-8-21(20)14-24)13-22(15-26)18(2)27-16-25(30)17-29/h7-10,12-14,23,25,27,29-30H,2-6,11,16-17H2,1H3/b22-13+. The van der Waals surface area contributed by atoms with Gasteiger partial charge in [-0.1, -0.05) is 31.7 Å². The summed E-state index contributed by atoms with van der Waals surface area (Å²) in [5.41, 5.74) is 3.03. The molecule has 3 N–H and O–H groups in total. The number of fused-ring (bicyclic) bond motifs is 1. The molecule has 5 nitrogen and oxygen atoms in total. The third-order valence-corrected chi connectivity index (χ3v) is 5.80. The number of allylic oxidation sites excluding steroid dienone is 1. The fourth-order valence-corrected chi connectivity index (χ4v) is 4.04. The second-order valence-electron chi connectivity index (χ2n) is 7.91. The van der Waals surface area contributed by atoms with E-state index in [2.05, 4.69) is 60.1 Å². The predicted octanol–water partition coefficient (Wildman–Crippen LogP) is 3.97. The highest BCUT2D eigenvalue weighted by molar-refractivity contribution is 5.88. The van der Waals surface area contributed by atoms with Gasteiger partial charge in [0.25, 0.3) is 0 Å². The molecule has 0 saturated carbocycles. The summed E-state index contributed by atoms with van der Waals surface area (Å²) in [5, 5.41) is 33.1. The molecule has 2 aromatic rings. The minimum atomic E-state index is -0.885. The maximum Gasteiger partial charge on any atom is 0.101 e. The highest BCUT2D eigenvalue weighted by atomic mass is 16.3. The Morgan fingerprint density at radius 3 is 2.80 bits per heavy atom. The summed E-state index contributed by atoms with van der Waals surface area (Å²) in [6, 6.07) is 15.6. The van der Waals surface area contributed by atoms with Gasteiger partial charge in [-0.15, -0.1) is 0 Å². The number of piperidine rings is 1. The fourth-order valence-electron chi connectivity index (χ4n) is 4.04. The van der Waals surface area contributed by atoms with Crippen LogP contribution in [0.5, 0.6) is 0 Å². The van der Waals surface area contributed by atoms with Gasteiger partial charge in [0, 0.05) is 30.5 Å². The summed E-state index contributed by atoms with van der Waals surface area (Å²) < 4.78 is 0. The molecule has 1 fully saturated rings. The smallest absolute Gasteiger partial charge is 0.101 e. The molecule has 0 radical (unpaired) electrons. The van der Waals surface area contributed by atoms with Gasteiger partial charge in [0.1, 0.15) is 6.07 Å². The van der Waals surface area contributed by atoms with Gasteiger partial charge in [-0.25, -0.2) is 0 Å². The minimum Gasteiger partial charge on any atom is -0.394 e. The number of rotatable bonds is 8. The molecule has 0 aliphatic carbocycles. The number of aliphatic hydroxyl groups is 2. The molecule has 2 unspecified atom stereocenters. The van der Waals surface area contributed by atoms with E-state index in [1.54, 1.807) is 6.08 Å². The van der Waals surface area contributed by atoms with Crippen molar-refractivity contribution in [3.8, 4) is 6.07 Å². The SMILES string of the molecule is C=C(NCC(O)CO)/C(C#N)=C/c1ccc2cc(N3CCCCC3CC)ccc2c1. The lowest BCUT2D eigenvalue weighted by Gasteiger charge is -2.37. The molecule has 0 amide bonds. The van der Waals surface area contributed by atoms with Gasteiger partial charge >= 0.3 is 0 Å². The molecule has 0 spiro atoms. The van der Waals surface area contributed by atoms with E-state index in [1.165, 1.54) is 36.8 Å². The van der Waals surface area contributed by atoms with E-state index < -0.39 is 6.10 Å². The van der Waals surface area contributed by atoms with Crippen molar-refractivity contribution in [1.82, 2.24) is 5.32 Å². The van der Waals surface area contributed by atoms with Crippen molar-refractivity contribution in [2.75, 3.05) is 24.6 Å². The molecule has 3 rings (SSSR count). The van der Waals surface area contributed by atoms with Crippen molar-refractivity contribution in [1.29, 1.82) is 5.26 Å². The van der Waals surface area contributed by atoms with Crippen molar-refractivity contribution in [3.63, 3.8) is 0 Å². The molecule has 158 valence electrons. The summed E-state index contributed by atoms with van der Waals surface area (Å²) in [4.78, 5) is 2.54. The molecule has 30 heavy (non-hydrogen) atoms. The van der Waals surface area contributed by atoms with Crippen molar-refractivity contribution in [3.05, 3.63) is 59.8 Å². The molecule has 2 atom stereocenters. The summed E-state index contributed by atoms with van der Waals surface area (Å²) in [5.74, 6) is 0. The molecule has 1 heterocycles. The number of nitrogens with zero attached hydrogens (tertiary/aromatic N) is 2. The van der Waals surface area contributed by atoms with Crippen molar-refractivity contribution in [2.24, 2.45) is 0 Å². The number of nitriles is 1. The number of nitrogens with one attached hydrogen (secondary N) is 1. The lowest BCUT2D eigenvalue weighted by atomic mass is 9.98. The van der Waals surface area contributed by atoms with E-state index in [0.29, 0.717) is 17.3 Å². The van der Waals surface area contributed by atoms with Gasteiger partial charge in [-0.3, -0.25) is 0 Å². The molecule has 1 saturated heterocycles. The van der Waals surface area contributed by atoms with E-state index in [4.69, 9.17) is 5.11 Å². The van der Waals surface area contributed by atoms with Crippen LogP contribution in [-0.4, -0.2) is 42.1 Å². The monoisotopic (exact) mass is 405 g/mol. The van der Waals surface area contributed by atoms with Gasteiger partial charge in [0.2, 0.25) is 0 Å². The molecule has 1 aliphatic heterocycles. The largest absolute Gasteiger partial charge is 0.394 e. The zero-order valence-electron chi connectivity index (χ0n) is 17.6. The van der Waals surface area contributed by atoms with Crippen LogP contribution in [0.4, 0.5) is 5.69 Å². The van der Waals surface area contributed by atoms with Crippen LogP contribution in [0, 0.1) is 11.3 Å². The Kier molecular flexibility index (Phi) is 7.51. The van der Waals surface area contributed by atoms with Crippen molar-refractivity contribution < 1.29 is 10.2 Å². The topological polar surface area (TPSA) is 79.5 Å². The summed E-state index contributed by atoms with van der Waals surface area (Å²) >= 11 is 0. The van der Waals surface area contributed by atoms with E-state index in [-0.39, 0.29) is 13.2 Å². The first kappa shape index (κ1) is 21.9. The van der Waals surface area contributed by atoms with E-state index in [1.807, 2.05) is 6.07 Å². The third-order valence-electron chi connectivity index (χ3n) is 5.80. The fraction of sp³-hybridized carbons (Fsp3) is 0.400. The van der Waals surface area contributed by atoms with Crippen LogP contribution in [-0.2, 0) is 0 Å². The van der Waals surface area contributed by atoms with Gasteiger partial charge in [0.15, 0.2) is 0 Å². The van der Waals surface area contributed by atoms with E-state index in [9.17, 15) is 10.4 Å². The summed E-state index contributed by atoms with van der Waals surface area (Å²) in [6.07, 6.45) is 5.91. The molecule has 0 aromatic heterocycles. The Bertz CT molecular complexity index is 961. The molecule has 2 aromatic carbocycles. The number of hydrogen-bond acceptors (Lipinski definition) is 5. The van der Waals surface area contributed by atoms with Crippen LogP contribution < -0.4 is 10.2 Å². The first-order chi connectivity index (χ1) is 14.5. The number of aliphatic hydroxyl groups excluding tert-OH is 2. The maximum absolute atomic E-state index is 9.49. The predicted molar refractivity (Wildman–Crippen MR) is 123 cm³/mol. The van der Waals surface area contributed by atoms with Crippen LogP contribution in [0.1, 0.15) is 38.2 Å². The Morgan fingerprint density at radius 1 is 1.30 bits per heavy atom. The van der Waals surface area contributed by atoms with Gasteiger partial charge in [-0.05, 0) is 66.3 Å². The van der Waals surface area contributed by atoms with Crippen LogP contribution in [0.25, 0.3) is 16.8 Å². The lowest BCUT2D eigenvalue weighted by molar-refractivity contribution is 0.0967. The van der Waals surface area contributed by atoms with Crippen LogP contribution in [0.3, 0.4) is 0 Å². The Labute approximate surface area is 178 Å². The first-order valence-electron chi connectivity index (χ1n) is 10.7. The summed E-state index contributed by atoms with van der Waals surface area (Å²) in [6.45, 7) is 7.06. The van der Waals surface area contributed by atoms with Gasteiger partial charge in [-0.2, -0.15) is 5.26 Å². The second kappa shape index (κ2) is 10.3. The highest BCUT2D eigenvalue weighted by Crippen LogP contribution is 2.30. The zero-order valence-corrected chi connectivity index (χ0v) is 17.6. The number of anilines is 1. The van der Waals surface area contributed by atoms with Gasteiger partial charge in [0.05, 0.1) is 18.3 Å². The number of hydrogen-bond donors (Lipinski definition) is 3. The Balaban J connectivity index is 1.80. The molecule has 0 bridgehead atoms. The summed E-state index contributed by atoms with van der Waals surface area (Å²) in [7, 11) is 0. The lowest BCUT2D eigenvalue weighted by Crippen LogP contribution is -2.39. The maximum atomic E-state index is 9.49. The zero-order chi connectivity index (χ0) is 21.5. The van der Waals surface area contributed by atoms with Crippen LogP contribution in [0.15, 0.2) is 54.2 Å². The normalized spacial score (nSPS) is 18.1. The first-order valence-corrected chi connectivity index (χ1v) is 10.7. The second-order valence-corrected chi connectivity index (χ2v) is 7.91. The Morgan fingerprint density at radius 2 is 2.07 bits per heavy atom. The molecule has 5 heteroatoms. The third kappa shape index (κ3) is 5.21. The Hall–Kier alpha value is -2.81. The molecule has 1 aliphatic rings. The van der Waals surface area contributed by atoms with Crippen LogP contribution in [0.2, 0.25) is 0 Å². The van der Waals surface area contributed by atoms with Crippen molar-refractivity contribution in [2.45, 2.75) is 44.8 Å². The average Bonchev–Trinajstić information content (AvgIpc) is 2.80. The average molecular weight is 406 g/mol. The van der Waals surface area contributed by atoms with Crippen molar-refractivity contribution >= 4 is 22.5 Å². The van der Waals surface area contributed by atoms with Crippen LogP contribution >= 0.6 is 0 Å². The molecular weight excluding hydrogens is 374 g/mol. The van der Waals surface area contributed by atoms with E-state index >= 15 is 0 Å². The van der Waals surface area contributed by atoms with Gasteiger partial charge < -0.3 is 20.4 Å².